The molecule has 110 valence electrons. The lowest BCUT2D eigenvalue weighted by atomic mass is 9.85. The fourth-order valence-corrected chi connectivity index (χ4v) is 3.63. The number of hydrogen-bond acceptors (Lipinski definition) is 3. The van der Waals surface area contributed by atoms with E-state index in [2.05, 4.69) is 6.58 Å². The van der Waals surface area contributed by atoms with Crippen LogP contribution in [0.1, 0.15) is 19.4 Å². The highest BCUT2D eigenvalue weighted by atomic mass is 32.2. The number of anilines is 1. The highest BCUT2D eigenvalue weighted by Gasteiger charge is 2.37. The van der Waals surface area contributed by atoms with Gasteiger partial charge in [0.05, 0.1) is 0 Å². The average molecular weight is 299 g/mol. The Labute approximate surface area is 130 Å². The van der Waals surface area contributed by atoms with Crippen molar-refractivity contribution in [3.05, 3.63) is 72.3 Å². The first-order chi connectivity index (χ1) is 9.96. The van der Waals surface area contributed by atoms with E-state index < -0.39 is 5.60 Å². The van der Waals surface area contributed by atoms with Crippen LogP contribution in [0.15, 0.2) is 71.6 Å². The molecular formula is C18H21NOS. The minimum Gasteiger partial charge on any atom is -0.398 e. The summed E-state index contributed by atoms with van der Waals surface area (Å²) in [6.45, 7) is 7.85. The van der Waals surface area contributed by atoms with Crippen LogP contribution in [0.2, 0.25) is 0 Å². The second-order valence-corrected chi connectivity index (χ2v) is 6.59. The molecule has 2 atom stereocenters. The molecule has 0 aliphatic heterocycles. The van der Waals surface area contributed by atoms with Crippen LogP contribution in [0.4, 0.5) is 5.69 Å². The third kappa shape index (κ3) is 3.14. The first-order valence-electron chi connectivity index (χ1n) is 6.91. The number of para-hydroxylation sites is 1. The van der Waals surface area contributed by atoms with Crippen molar-refractivity contribution in [1.82, 2.24) is 0 Å². The summed E-state index contributed by atoms with van der Waals surface area (Å²) in [5.74, 6) is 0. The molecular weight excluding hydrogens is 278 g/mol. The van der Waals surface area contributed by atoms with Gasteiger partial charge in [0.2, 0.25) is 0 Å². The molecule has 2 aromatic carbocycles. The zero-order chi connectivity index (χ0) is 15.5. The predicted molar refractivity (Wildman–Crippen MR) is 91.3 cm³/mol. The zero-order valence-corrected chi connectivity index (χ0v) is 13.2. The summed E-state index contributed by atoms with van der Waals surface area (Å²) in [6, 6.07) is 17.4. The lowest BCUT2D eigenvalue weighted by molar-refractivity contribution is 0.0786. The fraction of sp³-hybridized carbons (Fsp3) is 0.222. The molecule has 0 bridgehead atoms. The van der Waals surface area contributed by atoms with Gasteiger partial charge in [0.15, 0.2) is 0 Å². The van der Waals surface area contributed by atoms with Crippen LogP contribution >= 0.6 is 11.8 Å². The molecule has 21 heavy (non-hydrogen) atoms. The van der Waals surface area contributed by atoms with E-state index in [0.29, 0.717) is 0 Å². The predicted octanol–water partition coefficient (Wildman–Crippen LogP) is 4.21. The van der Waals surface area contributed by atoms with Crippen LogP contribution in [0.25, 0.3) is 0 Å². The monoisotopic (exact) mass is 299 g/mol. The van der Waals surface area contributed by atoms with E-state index >= 15 is 0 Å². The molecule has 2 rings (SSSR count). The van der Waals surface area contributed by atoms with Gasteiger partial charge in [-0.25, -0.2) is 0 Å². The molecule has 0 spiro atoms. The molecule has 2 nitrogen and oxygen atoms in total. The zero-order valence-electron chi connectivity index (χ0n) is 12.4. The van der Waals surface area contributed by atoms with E-state index in [4.69, 9.17) is 5.73 Å². The Morgan fingerprint density at radius 2 is 1.71 bits per heavy atom. The molecule has 0 aromatic heterocycles. The van der Waals surface area contributed by atoms with E-state index in [0.717, 1.165) is 21.7 Å². The van der Waals surface area contributed by atoms with Gasteiger partial charge in [-0.05, 0) is 37.1 Å². The third-order valence-corrected chi connectivity index (χ3v) is 5.00. The summed E-state index contributed by atoms with van der Waals surface area (Å²) in [5, 5.41) is 11.1. The first kappa shape index (κ1) is 15.7. The van der Waals surface area contributed by atoms with Gasteiger partial charge in [-0.1, -0.05) is 49.0 Å². The fourth-order valence-electron chi connectivity index (χ4n) is 2.38. The average Bonchev–Trinajstić information content (AvgIpc) is 2.49. The minimum absolute atomic E-state index is 0.109. The first-order valence-corrected chi connectivity index (χ1v) is 7.79. The number of nitrogen functional groups attached to an aromatic ring is 1. The van der Waals surface area contributed by atoms with E-state index in [-0.39, 0.29) is 5.25 Å². The van der Waals surface area contributed by atoms with Gasteiger partial charge < -0.3 is 10.8 Å². The molecule has 0 saturated heterocycles. The van der Waals surface area contributed by atoms with Crippen molar-refractivity contribution in [1.29, 1.82) is 0 Å². The number of rotatable bonds is 5. The lowest BCUT2D eigenvalue weighted by Crippen LogP contribution is -2.36. The van der Waals surface area contributed by atoms with Crippen LogP contribution in [0.3, 0.4) is 0 Å². The highest BCUT2D eigenvalue weighted by molar-refractivity contribution is 8.00. The molecule has 0 saturated carbocycles. The minimum atomic E-state index is -1.09. The van der Waals surface area contributed by atoms with Crippen molar-refractivity contribution in [3.8, 4) is 0 Å². The molecule has 3 heteroatoms. The van der Waals surface area contributed by atoms with Gasteiger partial charge in [-0.15, -0.1) is 11.8 Å². The molecule has 0 fully saturated rings. The van der Waals surface area contributed by atoms with E-state index in [1.165, 1.54) is 0 Å². The number of nitrogens with two attached hydrogens (primary N) is 1. The smallest absolute Gasteiger partial charge is 0.122 e. The van der Waals surface area contributed by atoms with E-state index in [1.807, 2.05) is 68.4 Å². The van der Waals surface area contributed by atoms with E-state index in [1.54, 1.807) is 11.8 Å². The Kier molecular flexibility index (Phi) is 4.76. The van der Waals surface area contributed by atoms with Gasteiger partial charge >= 0.3 is 0 Å². The van der Waals surface area contributed by atoms with Gasteiger partial charge in [0.25, 0.3) is 0 Å². The van der Waals surface area contributed by atoms with E-state index in [9.17, 15) is 5.11 Å². The van der Waals surface area contributed by atoms with Crippen molar-refractivity contribution in [2.24, 2.45) is 0 Å². The second-order valence-electron chi connectivity index (χ2n) is 5.21. The summed E-state index contributed by atoms with van der Waals surface area (Å²) in [6.07, 6.45) is 0. The molecule has 0 aliphatic carbocycles. The Balaban J connectivity index is 2.35. The number of thioether (sulfide) groups is 1. The summed E-state index contributed by atoms with van der Waals surface area (Å²) < 4.78 is 0. The Morgan fingerprint density at radius 3 is 2.29 bits per heavy atom. The van der Waals surface area contributed by atoms with Crippen LogP contribution in [0.5, 0.6) is 0 Å². The Bertz CT molecular complexity index is 626. The lowest BCUT2D eigenvalue weighted by Gasteiger charge is -2.35. The molecule has 0 unspecified atom stereocenters. The van der Waals surface area contributed by atoms with Crippen molar-refractivity contribution in [3.63, 3.8) is 0 Å². The van der Waals surface area contributed by atoms with Crippen molar-refractivity contribution in [2.75, 3.05) is 5.73 Å². The molecule has 2 aromatic rings. The van der Waals surface area contributed by atoms with Crippen molar-refractivity contribution < 1.29 is 5.11 Å². The third-order valence-electron chi connectivity index (χ3n) is 3.68. The number of aliphatic hydroxyl groups is 1. The van der Waals surface area contributed by atoms with Gasteiger partial charge in [-0.2, -0.15) is 0 Å². The maximum Gasteiger partial charge on any atom is 0.122 e. The molecule has 0 radical (unpaired) electrons. The second kappa shape index (κ2) is 6.37. The quantitative estimate of drug-likeness (QED) is 0.494. The highest BCUT2D eigenvalue weighted by Crippen LogP contribution is 2.42. The summed E-state index contributed by atoms with van der Waals surface area (Å²) in [4.78, 5) is 0.973. The van der Waals surface area contributed by atoms with Gasteiger partial charge in [0.1, 0.15) is 5.60 Å². The maximum atomic E-state index is 11.2. The van der Waals surface area contributed by atoms with Gasteiger partial charge in [-0.3, -0.25) is 0 Å². The largest absolute Gasteiger partial charge is 0.398 e. The molecule has 0 heterocycles. The SMILES string of the molecule is C=C(C)[C@](O)(c1ccccc1)[C@@H](C)Sc1ccccc1N. The maximum absolute atomic E-state index is 11.2. The van der Waals surface area contributed by atoms with Crippen LogP contribution in [0, 0.1) is 0 Å². The summed E-state index contributed by atoms with van der Waals surface area (Å²) >= 11 is 1.56. The normalized spacial score (nSPS) is 15.2. The molecule has 0 aliphatic rings. The molecule has 3 N–H and O–H groups in total. The van der Waals surface area contributed by atoms with Crippen LogP contribution in [-0.2, 0) is 5.60 Å². The summed E-state index contributed by atoms with van der Waals surface area (Å²) in [7, 11) is 0. The topological polar surface area (TPSA) is 46.2 Å². The van der Waals surface area contributed by atoms with Crippen LogP contribution < -0.4 is 5.73 Å². The van der Waals surface area contributed by atoms with Crippen molar-refractivity contribution in [2.45, 2.75) is 29.6 Å². The van der Waals surface area contributed by atoms with Crippen LogP contribution in [-0.4, -0.2) is 10.4 Å². The Morgan fingerprint density at radius 1 is 1.14 bits per heavy atom. The van der Waals surface area contributed by atoms with Gasteiger partial charge in [0, 0.05) is 15.8 Å². The number of hydrogen-bond donors (Lipinski definition) is 2. The molecule has 0 amide bonds. The summed E-state index contributed by atoms with van der Waals surface area (Å²) in [5.41, 5.74) is 7.22. The number of benzene rings is 2. The Hall–Kier alpha value is -1.71. The van der Waals surface area contributed by atoms with Crippen molar-refractivity contribution >= 4 is 17.4 Å². The standard InChI is InChI=1S/C18H21NOS/c1-13(2)18(20,15-9-5-4-6-10-15)14(3)21-17-12-8-7-11-16(17)19/h4-12,14,20H,1,19H2,2-3H3/t14-,18-/m1/s1.